The molecule has 2 rings (SSSR count). The zero-order chi connectivity index (χ0) is 8.55. The van der Waals surface area contributed by atoms with Crippen molar-refractivity contribution < 1.29 is 14.6 Å². The van der Waals surface area contributed by atoms with Crippen LogP contribution in [0, 0.1) is 0 Å². The summed E-state index contributed by atoms with van der Waals surface area (Å²) in [6.45, 7) is 0.218. The molecular weight excluding hydrogens is 158 g/mol. The van der Waals surface area contributed by atoms with E-state index in [9.17, 15) is 9.90 Å². The lowest BCUT2D eigenvalue weighted by molar-refractivity contribution is -0.141. The third-order valence-electron chi connectivity index (χ3n) is 1.76. The number of carbonyl (C=O) groups excluding carboxylic acids is 1. The standard InChI is InChI=1S/C8H7NO3/c10-7-6-1-2-9-3-5(6)4-12-8(7)11/h1-3,9-10H,4H2. The van der Waals surface area contributed by atoms with Crippen molar-refractivity contribution >= 4 is 5.97 Å². The number of hydrogen-bond acceptors (Lipinski definition) is 4. The molecule has 2 aliphatic heterocycles. The van der Waals surface area contributed by atoms with E-state index >= 15 is 0 Å². The van der Waals surface area contributed by atoms with Gasteiger partial charge in [-0.15, -0.1) is 0 Å². The Morgan fingerprint density at radius 1 is 1.58 bits per heavy atom. The second-order valence-electron chi connectivity index (χ2n) is 2.51. The first-order valence-electron chi connectivity index (χ1n) is 3.51. The van der Waals surface area contributed by atoms with Crippen LogP contribution in [0.3, 0.4) is 0 Å². The van der Waals surface area contributed by atoms with Gasteiger partial charge < -0.3 is 15.2 Å². The van der Waals surface area contributed by atoms with E-state index in [-0.39, 0.29) is 12.4 Å². The Balaban J connectivity index is 2.49. The largest absolute Gasteiger partial charge is 0.501 e. The monoisotopic (exact) mass is 165 g/mol. The molecule has 0 atom stereocenters. The van der Waals surface area contributed by atoms with E-state index < -0.39 is 5.97 Å². The highest BCUT2D eigenvalue weighted by atomic mass is 16.5. The average molecular weight is 165 g/mol. The molecule has 12 heavy (non-hydrogen) atoms. The van der Waals surface area contributed by atoms with Gasteiger partial charge in [-0.25, -0.2) is 4.79 Å². The van der Waals surface area contributed by atoms with Gasteiger partial charge >= 0.3 is 5.97 Å². The minimum absolute atomic E-state index is 0.218. The number of nitrogens with one attached hydrogen (secondary N) is 1. The van der Waals surface area contributed by atoms with Crippen LogP contribution in [0.1, 0.15) is 0 Å². The van der Waals surface area contributed by atoms with Crippen LogP contribution >= 0.6 is 0 Å². The maximum atomic E-state index is 10.8. The molecule has 0 aliphatic carbocycles. The Labute approximate surface area is 68.8 Å². The van der Waals surface area contributed by atoms with Crippen molar-refractivity contribution in [1.29, 1.82) is 0 Å². The maximum Gasteiger partial charge on any atom is 0.374 e. The number of ether oxygens (including phenoxy) is 1. The summed E-state index contributed by atoms with van der Waals surface area (Å²) in [6.07, 6.45) is 4.98. The number of cyclic esters (lactones) is 1. The lowest BCUT2D eigenvalue weighted by atomic mass is 10.0. The number of rotatable bonds is 0. The predicted octanol–water partition coefficient (Wildman–Crippen LogP) is 0.356. The minimum atomic E-state index is -0.659. The molecule has 0 spiro atoms. The molecule has 0 aromatic heterocycles. The summed E-state index contributed by atoms with van der Waals surface area (Å²) in [4.78, 5) is 10.8. The number of dihydropyridines is 1. The van der Waals surface area contributed by atoms with Gasteiger partial charge in [0.2, 0.25) is 5.76 Å². The lowest BCUT2D eigenvalue weighted by Gasteiger charge is -2.19. The summed E-state index contributed by atoms with van der Waals surface area (Å²) in [6, 6.07) is 0. The Kier molecular flexibility index (Phi) is 1.40. The van der Waals surface area contributed by atoms with Crippen LogP contribution in [-0.4, -0.2) is 17.7 Å². The van der Waals surface area contributed by atoms with Gasteiger partial charge in [0.1, 0.15) is 6.61 Å². The fourth-order valence-electron chi connectivity index (χ4n) is 1.14. The van der Waals surface area contributed by atoms with E-state index in [0.29, 0.717) is 5.57 Å². The first-order valence-corrected chi connectivity index (χ1v) is 3.51. The van der Waals surface area contributed by atoms with Crippen molar-refractivity contribution in [1.82, 2.24) is 5.32 Å². The van der Waals surface area contributed by atoms with Gasteiger partial charge in [-0.05, 0) is 6.08 Å². The number of carbonyl (C=O) groups is 1. The van der Waals surface area contributed by atoms with Crippen LogP contribution < -0.4 is 5.32 Å². The van der Waals surface area contributed by atoms with Crippen LogP contribution in [0.2, 0.25) is 0 Å². The van der Waals surface area contributed by atoms with Crippen molar-refractivity contribution in [2.24, 2.45) is 0 Å². The van der Waals surface area contributed by atoms with E-state index in [1.165, 1.54) is 0 Å². The molecule has 2 N–H and O–H groups in total. The summed E-state index contributed by atoms with van der Waals surface area (Å²) in [5.74, 6) is -0.973. The number of aliphatic hydroxyl groups is 1. The first kappa shape index (κ1) is 6.97. The molecule has 0 amide bonds. The quantitative estimate of drug-likeness (QED) is 0.509. The van der Waals surface area contributed by atoms with Crippen LogP contribution in [0.5, 0.6) is 0 Å². The van der Waals surface area contributed by atoms with Gasteiger partial charge in [0, 0.05) is 23.5 Å². The maximum absolute atomic E-state index is 10.8. The molecule has 0 bridgehead atoms. The average Bonchev–Trinajstić information content (AvgIpc) is 2.12. The highest BCUT2D eigenvalue weighted by molar-refractivity contribution is 5.90. The predicted molar refractivity (Wildman–Crippen MR) is 41.0 cm³/mol. The zero-order valence-corrected chi connectivity index (χ0v) is 6.20. The summed E-state index contributed by atoms with van der Waals surface area (Å²) in [5, 5.41) is 12.1. The second-order valence-corrected chi connectivity index (χ2v) is 2.51. The SMILES string of the molecule is O=C1OCC2=CNC=CC2=C1O. The molecular formula is C8H7NO3. The molecule has 0 aromatic carbocycles. The van der Waals surface area contributed by atoms with Crippen molar-refractivity contribution in [3.63, 3.8) is 0 Å². The van der Waals surface area contributed by atoms with E-state index in [1.54, 1.807) is 18.5 Å². The molecule has 0 saturated heterocycles. The summed E-state index contributed by atoms with van der Waals surface area (Å²) in [5.41, 5.74) is 1.33. The third-order valence-corrected chi connectivity index (χ3v) is 1.76. The normalized spacial score (nSPS) is 21.0. The summed E-state index contributed by atoms with van der Waals surface area (Å²) >= 11 is 0. The number of allylic oxidation sites excluding steroid dienone is 1. The Bertz CT molecular complexity index is 325. The number of aliphatic hydroxyl groups excluding tert-OH is 1. The van der Waals surface area contributed by atoms with Crippen molar-refractivity contribution in [3.8, 4) is 0 Å². The van der Waals surface area contributed by atoms with Gasteiger partial charge in [-0.1, -0.05) is 0 Å². The summed E-state index contributed by atoms with van der Waals surface area (Å²) < 4.78 is 4.67. The molecule has 4 nitrogen and oxygen atoms in total. The molecule has 2 aliphatic rings. The van der Waals surface area contributed by atoms with Crippen molar-refractivity contribution in [2.75, 3.05) is 6.61 Å². The van der Waals surface area contributed by atoms with Crippen LogP contribution in [0.25, 0.3) is 0 Å². The van der Waals surface area contributed by atoms with Crippen LogP contribution in [0.4, 0.5) is 0 Å². The molecule has 0 aromatic rings. The topological polar surface area (TPSA) is 58.6 Å². The molecule has 2 heterocycles. The highest BCUT2D eigenvalue weighted by Gasteiger charge is 2.24. The summed E-state index contributed by atoms with van der Waals surface area (Å²) in [7, 11) is 0. The lowest BCUT2D eigenvalue weighted by Crippen LogP contribution is -2.22. The number of hydrogen-bond donors (Lipinski definition) is 2. The molecule has 62 valence electrons. The van der Waals surface area contributed by atoms with Gasteiger partial charge in [0.05, 0.1) is 0 Å². The second kappa shape index (κ2) is 2.41. The van der Waals surface area contributed by atoms with Crippen molar-refractivity contribution in [3.05, 3.63) is 35.4 Å². The molecule has 0 radical (unpaired) electrons. The molecule has 0 fully saturated rings. The van der Waals surface area contributed by atoms with Gasteiger partial charge in [-0.3, -0.25) is 0 Å². The van der Waals surface area contributed by atoms with Crippen LogP contribution in [0.15, 0.2) is 35.4 Å². The molecule has 4 heteroatoms. The molecule has 0 unspecified atom stereocenters. The van der Waals surface area contributed by atoms with Crippen LogP contribution in [-0.2, 0) is 9.53 Å². The zero-order valence-electron chi connectivity index (χ0n) is 6.20. The highest BCUT2D eigenvalue weighted by Crippen LogP contribution is 2.22. The minimum Gasteiger partial charge on any atom is -0.501 e. The van der Waals surface area contributed by atoms with E-state index in [4.69, 9.17) is 0 Å². The van der Waals surface area contributed by atoms with Gasteiger partial charge in [0.15, 0.2) is 0 Å². The van der Waals surface area contributed by atoms with Gasteiger partial charge in [0.25, 0.3) is 0 Å². The molecule has 0 saturated carbocycles. The number of esters is 1. The Hall–Kier alpha value is -1.71. The Morgan fingerprint density at radius 2 is 2.42 bits per heavy atom. The third kappa shape index (κ3) is 0.887. The van der Waals surface area contributed by atoms with Gasteiger partial charge in [-0.2, -0.15) is 0 Å². The van der Waals surface area contributed by atoms with E-state index in [2.05, 4.69) is 10.1 Å². The first-order chi connectivity index (χ1) is 5.79. The smallest absolute Gasteiger partial charge is 0.374 e. The van der Waals surface area contributed by atoms with E-state index in [1.807, 2.05) is 0 Å². The fraction of sp³-hybridized carbons (Fsp3) is 0.125. The van der Waals surface area contributed by atoms with E-state index in [0.717, 1.165) is 5.57 Å². The Morgan fingerprint density at radius 3 is 3.25 bits per heavy atom. The fourth-order valence-corrected chi connectivity index (χ4v) is 1.14. The number of fused-ring (bicyclic) bond motifs is 1. The van der Waals surface area contributed by atoms with Crippen molar-refractivity contribution in [2.45, 2.75) is 0 Å².